The Morgan fingerprint density at radius 2 is 1.79 bits per heavy atom. The maximum absolute atomic E-state index is 12.4. The van der Waals surface area contributed by atoms with Crippen LogP contribution in [0.25, 0.3) is 0 Å². The maximum atomic E-state index is 12.4. The first kappa shape index (κ1) is 19.3. The average molecular weight is 385 g/mol. The third-order valence-electron chi connectivity index (χ3n) is 4.48. The van der Waals surface area contributed by atoms with E-state index in [1.807, 2.05) is 18.2 Å². The van der Waals surface area contributed by atoms with Gasteiger partial charge >= 0.3 is 6.03 Å². The zero-order valence-electron chi connectivity index (χ0n) is 16.0. The molecule has 8 heteroatoms. The molecule has 1 atom stereocenters. The van der Waals surface area contributed by atoms with Crippen LogP contribution < -0.4 is 29.7 Å². The van der Waals surface area contributed by atoms with Crippen LogP contribution >= 0.6 is 0 Å². The van der Waals surface area contributed by atoms with Gasteiger partial charge in [-0.05, 0) is 24.3 Å². The van der Waals surface area contributed by atoms with Gasteiger partial charge in [0.25, 0.3) is 0 Å². The van der Waals surface area contributed by atoms with E-state index in [4.69, 9.17) is 14.2 Å². The first-order valence-corrected chi connectivity index (χ1v) is 8.78. The van der Waals surface area contributed by atoms with Crippen molar-refractivity contribution >= 4 is 23.3 Å². The van der Waals surface area contributed by atoms with Crippen LogP contribution in [0.4, 0.5) is 16.2 Å². The molecule has 0 bridgehead atoms. The summed E-state index contributed by atoms with van der Waals surface area (Å²) in [5.74, 6) is 1.72. The molecule has 1 unspecified atom stereocenters. The molecular formula is C20H23N3O5. The zero-order valence-corrected chi connectivity index (χ0v) is 16.0. The molecular weight excluding hydrogens is 362 g/mol. The van der Waals surface area contributed by atoms with Crippen LogP contribution in [-0.4, -0.2) is 45.9 Å². The number of ether oxygens (including phenoxy) is 3. The second-order valence-electron chi connectivity index (χ2n) is 6.27. The number of methoxy groups -OCH3 is 3. The Bertz CT molecular complexity index is 871. The van der Waals surface area contributed by atoms with Crippen molar-refractivity contribution in [3.05, 3.63) is 42.5 Å². The predicted molar refractivity (Wildman–Crippen MR) is 105 cm³/mol. The van der Waals surface area contributed by atoms with Crippen LogP contribution in [0.15, 0.2) is 42.5 Å². The highest BCUT2D eigenvalue weighted by Gasteiger charge is 2.31. The Balaban J connectivity index is 1.63. The molecule has 0 aromatic heterocycles. The van der Waals surface area contributed by atoms with Crippen LogP contribution in [0.5, 0.6) is 17.2 Å². The highest BCUT2D eigenvalue weighted by Crippen LogP contribution is 2.29. The van der Waals surface area contributed by atoms with Crippen molar-refractivity contribution in [1.29, 1.82) is 0 Å². The monoisotopic (exact) mass is 385 g/mol. The lowest BCUT2D eigenvalue weighted by Gasteiger charge is -2.18. The third kappa shape index (κ3) is 4.28. The van der Waals surface area contributed by atoms with Crippen molar-refractivity contribution in [2.75, 3.05) is 38.1 Å². The zero-order chi connectivity index (χ0) is 20.1. The van der Waals surface area contributed by atoms with Crippen molar-refractivity contribution < 1.29 is 23.8 Å². The number of hydrogen-bond acceptors (Lipinski definition) is 5. The van der Waals surface area contributed by atoms with Crippen LogP contribution in [0.1, 0.15) is 6.42 Å². The quantitative estimate of drug-likeness (QED) is 0.798. The summed E-state index contributed by atoms with van der Waals surface area (Å²) in [6, 6.07) is 11.7. The van der Waals surface area contributed by atoms with Gasteiger partial charge in [0.2, 0.25) is 5.91 Å². The van der Waals surface area contributed by atoms with Crippen molar-refractivity contribution in [2.45, 2.75) is 12.5 Å². The van der Waals surface area contributed by atoms with Crippen LogP contribution in [0.3, 0.4) is 0 Å². The lowest BCUT2D eigenvalue weighted by molar-refractivity contribution is -0.117. The molecule has 2 aromatic rings. The number of nitrogens with one attached hydrogen (secondary N) is 2. The summed E-state index contributed by atoms with van der Waals surface area (Å²) in [6.07, 6.45) is 0.227. The normalized spacial score (nSPS) is 15.9. The third-order valence-corrected chi connectivity index (χ3v) is 4.48. The summed E-state index contributed by atoms with van der Waals surface area (Å²) in [5.41, 5.74) is 1.25. The highest BCUT2D eigenvalue weighted by molar-refractivity contribution is 5.98. The largest absolute Gasteiger partial charge is 0.497 e. The number of amides is 3. The van der Waals surface area contributed by atoms with E-state index < -0.39 is 6.03 Å². The van der Waals surface area contributed by atoms with Crippen LogP contribution in [-0.2, 0) is 4.79 Å². The molecule has 148 valence electrons. The number of carbonyl (C=O) groups excluding carboxylic acids is 2. The number of urea groups is 1. The van der Waals surface area contributed by atoms with Gasteiger partial charge in [-0.25, -0.2) is 4.79 Å². The van der Waals surface area contributed by atoms with Gasteiger partial charge in [-0.3, -0.25) is 4.79 Å². The van der Waals surface area contributed by atoms with E-state index in [2.05, 4.69) is 10.6 Å². The van der Waals surface area contributed by atoms with E-state index in [9.17, 15) is 9.59 Å². The Morgan fingerprint density at radius 1 is 1.04 bits per heavy atom. The molecule has 0 radical (unpaired) electrons. The van der Waals surface area contributed by atoms with Crippen molar-refractivity contribution in [3.8, 4) is 17.2 Å². The summed E-state index contributed by atoms with van der Waals surface area (Å²) in [4.78, 5) is 26.4. The molecule has 3 rings (SSSR count). The Morgan fingerprint density at radius 3 is 2.50 bits per heavy atom. The van der Waals surface area contributed by atoms with E-state index in [1.165, 1.54) is 7.11 Å². The van der Waals surface area contributed by atoms with Crippen molar-refractivity contribution in [3.63, 3.8) is 0 Å². The molecule has 1 saturated heterocycles. The minimum absolute atomic E-state index is 0.0550. The van der Waals surface area contributed by atoms with Gasteiger partial charge in [-0.15, -0.1) is 0 Å². The van der Waals surface area contributed by atoms with Crippen LogP contribution in [0, 0.1) is 0 Å². The number of rotatable bonds is 6. The fraction of sp³-hybridized carbons (Fsp3) is 0.300. The summed E-state index contributed by atoms with van der Waals surface area (Å²) in [7, 11) is 4.65. The molecule has 3 amide bonds. The molecule has 0 aliphatic carbocycles. The van der Waals surface area contributed by atoms with Crippen molar-refractivity contribution in [1.82, 2.24) is 5.32 Å². The molecule has 0 spiro atoms. The second kappa shape index (κ2) is 8.51. The van der Waals surface area contributed by atoms with E-state index in [1.54, 1.807) is 43.4 Å². The van der Waals surface area contributed by atoms with Gasteiger partial charge in [-0.1, -0.05) is 6.07 Å². The highest BCUT2D eigenvalue weighted by atomic mass is 16.5. The Hall–Kier alpha value is -3.42. The number of nitrogens with zero attached hydrogens (tertiary/aromatic N) is 1. The Kier molecular flexibility index (Phi) is 5.88. The van der Waals surface area contributed by atoms with Gasteiger partial charge < -0.3 is 29.7 Å². The Labute approximate surface area is 163 Å². The lowest BCUT2D eigenvalue weighted by Crippen LogP contribution is -2.39. The smallest absolute Gasteiger partial charge is 0.319 e. The molecule has 1 heterocycles. The number of hydrogen-bond donors (Lipinski definition) is 2. The lowest BCUT2D eigenvalue weighted by atomic mass is 10.2. The number of carbonyl (C=O) groups is 2. The summed E-state index contributed by atoms with van der Waals surface area (Å²) in [6.45, 7) is 0.388. The molecule has 0 saturated carbocycles. The molecule has 28 heavy (non-hydrogen) atoms. The molecule has 2 aromatic carbocycles. The van der Waals surface area contributed by atoms with E-state index in [0.717, 1.165) is 5.69 Å². The minimum atomic E-state index is -0.409. The fourth-order valence-corrected chi connectivity index (χ4v) is 3.08. The van der Waals surface area contributed by atoms with Gasteiger partial charge in [0.05, 0.1) is 33.1 Å². The topological polar surface area (TPSA) is 89.1 Å². The van der Waals surface area contributed by atoms with Crippen molar-refractivity contribution in [2.24, 2.45) is 0 Å². The SMILES string of the molecule is COc1cccc(N2CC(NC(=O)Nc3ccc(OC)cc3OC)CC2=O)c1. The summed E-state index contributed by atoms with van der Waals surface area (Å²) < 4.78 is 15.6. The molecule has 1 aliphatic rings. The summed E-state index contributed by atoms with van der Waals surface area (Å²) in [5, 5.41) is 5.58. The fourth-order valence-electron chi connectivity index (χ4n) is 3.08. The second-order valence-corrected chi connectivity index (χ2v) is 6.27. The summed E-state index contributed by atoms with van der Waals surface area (Å²) >= 11 is 0. The van der Waals surface area contributed by atoms with E-state index >= 15 is 0 Å². The first-order chi connectivity index (χ1) is 13.5. The molecule has 8 nitrogen and oxygen atoms in total. The minimum Gasteiger partial charge on any atom is -0.497 e. The van der Waals surface area contributed by atoms with Gasteiger partial charge in [0, 0.05) is 30.8 Å². The predicted octanol–water partition coefficient (Wildman–Crippen LogP) is 2.64. The number of anilines is 2. The van der Waals surface area contributed by atoms with Gasteiger partial charge in [0.1, 0.15) is 17.2 Å². The molecule has 1 fully saturated rings. The molecule has 1 aliphatic heterocycles. The van der Waals surface area contributed by atoms with E-state index in [-0.39, 0.29) is 18.4 Å². The average Bonchev–Trinajstić information content (AvgIpc) is 3.08. The first-order valence-electron chi connectivity index (χ1n) is 8.78. The number of benzene rings is 2. The van der Waals surface area contributed by atoms with Crippen LogP contribution in [0.2, 0.25) is 0 Å². The maximum Gasteiger partial charge on any atom is 0.319 e. The van der Waals surface area contributed by atoms with Gasteiger partial charge in [0.15, 0.2) is 0 Å². The standard InChI is InChI=1S/C20H23N3O5/c1-26-15-6-4-5-14(10-15)23-12-13(9-19(23)24)21-20(25)22-17-8-7-16(27-2)11-18(17)28-3/h4-8,10-11,13H,9,12H2,1-3H3,(H2,21,22,25). The van der Waals surface area contributed by atoms with E-state index in [0.29, 0.717) is 29.5 Å². The van der Waals surface area contributed by atoms with Gasteiger partial charge in [-0.2, -0.15) is 0 Å². The molecule has 2 N–H and O–H groups in total.